The highest BCUT2D eigenvalue weighted by Crippen LogP contribution is 2.30. The van der Waals surface area contributed by atoms with Crippen molar-refractivity contribution >= 4 is 20.9 Å². The minimum atomic E-state index is -3.72. The number of nitrogens with zero attached hydrogens (tertiary/aromatic N) is 5. The van der Waals surface area contributed by atoms with Crippen molar-refractivity contribution in [3.8, 4) is 0 Å². The van der Waals surface area contributed by atoms with Crippen LogP contribution in [0.3, 0.4) is 0 Å². The van der Waals surface area contributed by atoms with Crippen molar-refractivity contribution in [1.82, 2.24) is 23.6 Å². The molecule has 1 aliphatic rings. The molecule has 1 atom stereocenters. The molecule has 160 valence electrons. The van der Waals surface area contributed by atoms with Crippen LogP contribution in [0.25, 0.3) is 10.9 Å². The van der Waals surface area contributed by atoms with Crippen molar-refractivity contribution in [1.29, 1.82) is 0 Å². The number of hydrogen-bond acceptors (Lipinski definition) is 5. The van der Waals surface area contributed by atoms with E-state index in [0.29, 0.717) is 35.3 Å². The van der Waals surface area contributed by atoms with E-state index < -0.39 is 10.0 Å². The molecule has 3 heterocycles. The van der Waals surface area contributed by atoms with Gasteiger partial charge in [-0.15, -0.1) is 0 Å². The first-order valence-corrected chi connectivity index (χ1v) is 11.7. The molecule has 0 bridgehead atoms. The van der Waals surface area contributed by atoms with E-state index in [4.69, 9.17) is 0 Å². The van der Waals surface area contributed by atoms with Crippen molar-refractivity contribution in [3.63, 3.8) is 0 Å². The number of sulfonamides is 1. The Morgan fingerprint density at radius 1 is 1.17 bits per heavy atom. The number of rotatable bonds is 4. The van der Waals surface area contributed by atoms with Crippen LogP contribution in [-0.4, -0.2) is 45.1 Å². The third kappa shape index (κ3) is 3.35. The number of benzene rings is 1. The second kappa shape index (κ2) is 7.63. The Bertz CT molecular complexity index is 1260. The number of para-hydroxylation sites is 1. The molecule has 30 heavy (non-hydrogen) atoms. The predicted molar refractivity (Wildman–Crippen MR) is 115 cm³/mol. The van der Waals surface area contributed by atoms with Gasteiger partial charge in [0.1, 0.15) is 4.90 Å². The minimum Gasteiger partial charge on any atom is -0.294 e. The maximum atomic E-state index is 13.5. The zero-order valence-electron chi connectivity index (χ0n) is 17.7. The molecule has 4 rings (SSSR count). The number of hydrogen-bond donors (Lipinski definition) is 0. The summed E-state index contributed by atoms with van der Waals surface area (Å²) >= 11 is 0. The van der Waals surface area contributed by atoms with Crippen LogP contribution in [0.15, 0.2) is 40.3 Å². The molecule has 1 fully saturated rings. The fourth-order valence-electron chi connectivity index (χ4n) is 4.36. The lowest BCUT2D eigenvalue weighted by atomic mass is 10.1. The van der Waals surface area contributed by atoms with Crippen molar-refractivity contribution in [2.45, 2.75) is 57.5 Å². The van der Waals surface area contributed by atoms with Gasteiger partial charge in [-0.3, -0.25) is 14.0 Å². The van der Waals surface area contributed by atoms with Crippen LogP contribution in [0.5, 0.6) is 0 Å². The van der Waals surface area contributed by atoms with Gasteiger partial charge in [0.15, 0.2) is 0 Å². The second-order valence-corrected chi connectivity index (χ2v) is 10.0. The Hall–Kier alpha value is -2.52. The summed E-state index contributed by atoms with van der Waals surface area (Å²) in [6, 6.07) is 7.03. The Kier molecular flexibility index (Phi) is 5.27. The molecule has 0 unspecified atom stereocenters. The Labute approximate surface area is 176 Å². The predicted octanol–water partition coefficient (Wildman–Crippen LogP) is 2.82. The third-order valence-electron chi connectivity index (χ3n) is 5.79. The lowest BCUT2D eigenvalue weighted by Gasteiger charge is -2.32. The minimum absolute atomic E-state index is 0.0732. The maximum Gasteiger partial charge on any atom is 0.261 e. The highest BCUT2D eigenvalue weighted by atomic mass is 32.2. The number of piperidine rings is 1. The SMILES string of the molecule is Cc1nn(C(C)C)c(C)c1S(=O)(=O)N1CCC[C@@H](n2cnc3ccccc3c2=O)C1. The van der Waals surface area contributed by atoms with Gasteiger partial charge in [-0.2, -0.15) is 9.40 Å². The summed E-state index contributed by atoms with van der Waals surface area (Å²) in [6.45, 7) is 8.16. The van der Waals surface area contributed by atoms with Gasteiger partial charge in [-0.1, -0.05) is 12.1 Å². The van der Waals surface area contributed by atoms with Gasteiger partial charge in [0.2, 0.25) is 10.0 Å². The van der Waals surface area contributed by atoms with Crippen molar-refractivity contribution in [2.75, 3.05) is 13.1 Å². The summed E-state index contributed by atoms with van der Waals surface area (Å²) in [6.07, 6.45) is 2.95. The summed E-state index contributed by atoms with van der Waals surface area (Å²) in [5, 5.41) is 4.99. The van der Waals surface area contributed by atoms with E-state index in [1.807, 2.05) is 26.0 Å². The lowest BCUT2D eigenvalue weighted by molar-refractivity contribution is 0.262. The van der Waals surface area contributed by atoms with Gasteiger partial charge >= 0.3 is 0 Å². The highest BCUT2D eigenvalue weighted by Gasteiger charge is 2.35. The van der Waals surface area contributed by atoms with Crippen molar-refractivity contribution in [3.05, 3.63) is 52.3 Å². The summed E-state index contributed by atoms with van der Waals surface area (Å²) < 4.78 is 31.8. The van der Waals surface area contributed by atoms with Crippen LogP contribution >= 0.6 is 0 Å². The molecule has 1 saturated heterocycles. The molecule has 1 aromatic carbocycles. The van der Waals surface area contributed by atoms with Gasteiger partial charge in [0, 0.05) is 19.1 Å². The molecule has 0 N–H and O–H groups in total. The molecule has 3 aromatic rings. The van der Waals surface area contributed by atoms with E-state index in [1.165, 1.54) is 4.31 Å². The average molecular weight is 430 g/mol. The molecule has 9 heteroatoms. The Balaban J connectivity index is 1.70. The topological polar surface area (TPSA) is 90.1 Å². The molecular formula is C21H27N5O3S. The Morgan fingerprint density at radius 3 is 2.60 bits per heavy atom. The molecule has 0 spiro atoms. The fraction of sp³-hybridized carbons (Fsp3) is 0.476. The van der Waals surface area contributed by atoms with Gasteiger partial charge < -0.3 is 0 Å². The van der Waals surface area contributed by atoms with E-state index in [0.717, 1.165) is 6.42 Å². The molecule has 8 nitrogen and oxygen atoms in total. The summed E-state index contributed by atoms with van der Waals surface area (Å²) in [4.78, 5) is 17.7. The molecule has 0 amide bonds. The Morgan fingerprint density at radius 2 is 1.90 bits per heavy atom. The number of aryl methyl sites for hydroxylation is 1. The van der Waals surface area contributed by atoms with Crippen molar-refractivity contribution < 1.29 is 8.42 Å². The van der Waals surface area contributed by atoms with Crippen LogP contribution in [0.4, 0.5) is 0 Å². The standard InChI is InChI=1S/C21H27N5O3S/c1-14(2)26-16(4)20(15(3)23-26)30(28,29)24-11-7-8-17(12-24)25-13-22-19-10-6-5-9-18(19)21(25)27/h5-6,9-10,13-14,17H,7-8,11-12H2,1-4H3/t17-/m1/s1. The molecule has 0 saturated carbocycles. The van der Waals surface area contributed by atoms with Crippen LogP contribution in [0.1, 0.15) is 50.2 Å². The first-order valence-electron chi connectivity index (χ1n) is 10.2. The largest absolute Gasteiger partial charge is 0.294 e. The van der Waals surface area contributed by atoms with Gasteiger partial charge in [-0.25, -0.2) is 13.4 Å². The monoisotopic (exact) mass is 429 g/mol. The first kappa shape index (κ1) is 20.7. The number of fused-ring (bicyclic) bond motifs is 1. The quantitative estimate of drug-likeness (QED) is 0.636. The highest BCUT2D eigenvalue weighted by molar-refractivity contribution is 7.89. The molecule has 2 aromatic heterocycles. The van der Waals surface area contributed by atoms with Gasteiger partial charge in [0.25, 0.3) is 5.56 Å². The second-order valence-electron chi connectivity index (χ2n) is 8.17. The summed E-state index contributed by atoms with van der Waals surface area (Å²) in [7, 11) is -3.72. The van der Waals surface area contributed by atoms with Crippen LogP contribution < -0.4 is 5.56 Å². The lowest BCUT2D eigenvalue weighted by Crippen LogP contribution is -2.43. The van der Waals surface area contributed by atoms with Crippen LogP contribution in [0, 0.1) is 13.8 Å². The summed E-state index contributed by atoms with van der Waals surface area (Å²) in [5.74, 6) is 0. The maximum absolute atomic E-state index is 13.5. The average Bonchev–Trinajstić information content (AvgIpc) is 3.03. The molecular weight excluding hydrogens is 402 g/mol. The molecule has 0 radical (unpaired) electrons. The van der Waals surface area contributed by atoms with Gasteiger partial charge in [0.05, 0.1) is 34.7 Å². The van der Waals surface area contributed by atoms with E-state index in [1.54, 1.807) is 41.6 Å². The fourth-order valence-corrected chi connectivity index (χ4v) is 6.24. The zero-order chi connectivity index (χ0) is 21.6. The summed E-state index contributed by atoms with van der Waals surface area (Å²) in [5.41, 5.74) is 1.67. The molecule has 0 aliphatic carbocycles. The van der Waals surface area contributed by atoms with E-state index in [2.05, 4.69) is 10.1 Å². The number of aromatic nitrogens is 4. The van der Waals surface area contributed by atoms with E-state index in [9.17, 15) is 13.2 Å². The normalized spacial score (nSPS) is 18.4. The molecule has 1 aliphatic heterocycles. The van der Waals surface area contributed by atoms with Crippen LogP contribution in [0.2, 0.25) is 0 Å². The van der Waals surface area contributed by atoms with E-state index >= 15 is 0 Å². The smallest absolute Gasteiger partial charge is 0.261 e. The van der Waals surface area contributed by atoms with Gasteiger partial charge in [-0.05, 0) is 52.7 Å². The van der Waals surface area contributed by atoms with Crippen molar-refractivity contribution in [2.24, 2.45) is 0 Å². The first-order chi connectivity index (χ1) is 14.2. The van der Waals surface area contributed by atoms with Crippen LogP contribution in [-0.2, 0) is 10.0 Å². The third-order valence-corrected chi connectivity index (χ3v) is 7.91. The van der Waals surface area contributed by atoms with E-state index in [-0.39, 0.29) is 29.1 Å². The zero-order valence-corrected chi connectivity index (χ0v) is 18.6.